The number of rotatable bonds is 1. The minimum absolute atomic E-state index is 0.0145. The van der Waals surface area contributed by atoms with Gasteiger partial charge in [0.05, 0.1) is 0 Å². The van der Waals surface area contributed by atoms with Gasteiger partial charge in [-0.25, -0.2) is 9.97 Å². The van der Waals surface area contributed by atoms with E-state index in [1.54, 1.807) is 0 Å². The van der Waals surface area contributed by atoms with Crippen molar-refractivity contribution in [3.63, 3.8) is 0 Å². The Morgan fingerprint density at radius 3 is 2.69 bits per heavy atom. The number of carbonyl (C=O) groups excluding carboxylic acids is 2. The monoisotopic (exact) mass is 217 g/mol. The highest BCUT2D eigenvalue weighted by molar-refractivity contribution is 6.02. The average Bonchev–Trinajstić information content (AvgIpc) is 2.28. The van der Waals surface area contributed by atoms with Gasteiger partial charge < -0.3 is 4.90 Å². The summed E-state index contributed by atoms with van der Waals surface area (Å²) in [5.74, 6) is -0.591. The number of aromatic nitrogens is 2. The van der Waals surface area contributed by atoms with Crippen molar-refractivity contribution in [2.45, 2.75) is 0 Å². The number of amides is 2. The number of piperazine rings is 1. The molecule has 0 bridgehead atoms. The molecule has 7 heteroatoms. The molecule has 80 valence electrons. The van der Waals surface area contributed by atoms with Gasteiger partial charge in [0.25, 0.3) is 0 Å². The van der Waals surface area contributed by atoms with Crippen LogP contribution in [0.4, 0.5) is 5.95 Å². The molecule has 1 fully saturated rings. The molecule has 1 aromatic heterocycles. The highest BCUT2D eigenvalue weighted by atomic mass is 16.2. The Bertz CT molecular complexity index is 477. The summed E-state index contributed by atoms with van der Waals surface area (Å²) in [6, 6.07) is 3.32. The number of imide groups is 1. The van der Waals surface area contributed by atoms with Crippen molar-refractivity contribution in [2.75, 3.05) is 18.0 Å². The van der Waals surface area contributed by atoms with Crippen molar-refractivity contribution < 1.29 is 9.59 Å². The van der Waals surface area contributed by atoms with E-state index in [4.69, 9.17) is 5.26 Å². The van der Waals surface area contributed by atoms with Gasteiger partial charge in [-0.05, 0) is 6.07 Å². The highest BCUT2D eigenvalue weighted by Gasteiger charge is 2.24. The first kappa shape index (κ1) is 10.0. The van der Waals surface area contributed by atoms with Gasteiger partial charge in [0.15, 0.2) is 0 Å². The van der Waals surface area contributed by atoms with Gasteiger partial charge in [-0.15, -0.1) is 0 Å². The van der Waals surface area contributed by atoms with Crippen molar-refractivity contribution in [2.24, 2.45) is 0 Å². The van der Waals surface area contributed by atoms with Crippen molar-refractivity contribution in [3.8, 4) is 6.07 Å². The second-order valence-corrected chi connectivity index (χ2v) is 3.18. The third-order valence-corrected chi connectivity index (χ3v) is 1.99. The molecule has 0 aromatic carbocycles. The number of nitrogens with zero attached hydrogens (tertiary/aromatic N) is 4. The third kappa shape index (κ3) is 1.95. The van der Waals surface area contributed by atoms with Crippen LogP contribution in [0.5, 0.6) is 0 Å². The first-order chi connectivity index (χ1) is 7.69. The maximum absolute atomic E-state index is 11.1. The van der Waals surface area contributed by atoms with Gasteiger partial charge in [-0.3, -0.25) is 14.9 Å². The highest BCUT2D eigenvalue weighted by Crippen LogP contribution is 2.08. The fraction of sp³-hybridized carbons (Fsp3) is 0.222. The molecule has 0 spiro atoms. The third-order valence-electron chi connectivity index (χ3n) is 1.99. The number of nitriles is 1. The lowest BCUT2D eigenvalue weighted by Crippen LogP contribution is -2.52. The largest absolute Gasteiger partial charge is 0.322 e. The normalized spacial score (nSPS) is 15.6. The number of anilines is 1. The van der Waals surface area contributed by atoms with Crippen molar-refractivity contribution in [3.05, 3.63) is 18.0 Å². The molecule has 1 aromatic rings. The molecule has 0 atom stereocenters. The minimum atomic E-state index is -0.401. The van der Waals surface area contributed by atoms with E-state index in [-0.39, 0.29) is 24.7 Å². The summed E-state index contributed by atoms with van der Waals surface area (Å²) in [5, 5.41) is 10.8. The van der Waals surface area contributed by atoms with Crippen LogP contribution >= 0.6 is 0 Å². The molecular weight excluding hydrogens is 210 g/mol. The SMILES string of the molecule is N#Cc1ccnc(N2CC(=O)NC(=O)C2)n1. The van der Waals surface area contributed by atoms with E-state index >= 15 is 0 Å². The summed E-state index contributed by atoms with van der Waals surface area (Å²) < 4.78 is 0. The Hall–Kier alpha value is -2.49. The van der Waals surface area contributed by atoms with Crippen molar-refractivity contribution in [1.29, 1.82) is 5.26 Å². The van der Waals surface area contributed by atoms with E-state index in [1.165, 1.54) is 17.2 Å². The molecule has 0 radical (unpaired) electrons. The van der Waals surface area contributed by atoms with Gasteiger partial charge in [-0.2, -0.15) is 5.26 Å². The maximum atomic E-state index is 11.1. The summed E-state index contributed by atoms with van der Waals surface area (Å²) in [6.07, 6.45) is 1.41. The molecule has 0 aliphatic carbocycles. The standard InChI is InChI=1S/C9H7N5O2/c10-3-6-1-2-11-9(12-6)14-4-7(15)13-8(16)5-14/h1-2H,4-5H2,(H,13,15,16). The van der Waals surface area contributed by atoms with Crippen molar-refractivity contribution in [1.82, 2.24) is 15.3 Å². The fourth-order valence-electron chi connectivity index (χ4n) is 1.34. The molecule has 2 rings (SSSR count). The van der Waals surface area contributed by atoms with Gasteiger partial charge in [0.1, 0.15) is 24.9 Å². The minimum Gasteiger partial charge on any atom is -0.322 e. The van der Waals surface area contributed by atoms with Crippen LogP contribution in [0.25, 0.3) is 0 Å². The molecule has 2 heterocycles. The van der Waals surface area contributed by atoms with Crippen LogP contribution in [0.15, 0.2) is 12.3 Å². The van der Waals surface area contributed by atoms with E-state index in [9.17, 15) is 9.59 Å². The first-order valence-electron chi connectivity index (χ1n) is 4.50. The predicted octanol–water partition coefficient (Wildman–Crippen LogP) is -1.19. The Labute approximate surface area is 90.7 Å². The van der Waals surface area contributed by atoms with E-state index in [1.807, 2.05) is 6.07 Å². The fourth-order valence-corrected chi connectivity index (χ4v) is 1.34. The topological polar surface area (TPSA) is 99.0 Å². The molecule has 1 aliphatic heterocycles. The number of carbonyl (C=O) groups is 2. The molecule has 16 heavy (non-hydrogen) atoms. The lowest BCUT2D eigenvalue weighted by Gasteiger charge is -2.25. The zero-order valence-electron chi connectivity index (χ0n) is 8.17. The van der Waals surface area contributed by atoms with Gasteiger partial charge in [0.2, 0.25) is 17.8 Å². The lowest BCUT2D eigenvalue weighted by atomic mass is 10.3. The Kier molecular flexibility index (Phi) is 2.47. The smallest absolute Gasteiger partial charge is 0.246 e. The summed E-state index contributed by atoms with van der Waals surface area (Å²) in [4.78, 5) is 31.5. The zero-order chi connectivity index (χ0) is 11.5. The predicted molar refractivity (Wildman–Crippen MR) is 52.1 cm³/mol. The summed E-state index contributed by atoms with van der Waals surface area (Å²) in [7, 11) is 0. The molecule has 1 aliphatic rings. The van der Waals surface area contributed by atoms with E-state index in [0.717, 1.165) is 0 Å². The Morgan fingerprint density at radius 2 is 2.06 bits per heavy atom. The Balaban J connectivity index is 2.26. The van der Waals surface area contributed by atoms with Crippen LogP contribution in [-0.4, -0.2) is 34.9 Å². The molecule has 0 saturated carbocycles. The lowest BCUT2D eigenvalue weighted by molar-refractivity contribution is -0.130. The Morgan fingerprint density at radius 1 is 1.38 bits per heavy atom. The summed E-state index contributed by atoms with van der Waals surface area (Å²) in [6.45, 7) is 0.0290. The number of hydrogen-bond acceptors (Lipinski definition) is 6. The molecule has 1 N–H and O–H groups in total. The zero-order valence-corrected chi connectivity index (χ0v) is 8.17. The van der Waals surface area contributed by atoms with Gasteiger partial charge in [-0.1, -0.05) is 0 Å². The molecule has 2 amide bonds. The van der Waals surface area contributed by atoms with Gasteiger partial charge >= 0.3 is 0 Å². The van der Waals surface area contributed by atoms with E-state index < -0.39 is 11.8 Å². The average molecular weight is 217 g/mol. The van der Waals surface area contributed by atoms with Crippen LogP contribution in [-0.2, 0) is 9.59 Å². The molecule has 0 unspecified atom stereocenters. The summed E-state index contributed by atoms with van der Waals surface area (Å²) in [5.41, 5.74) is 0.198. The van der Waals surface area contributed by atoms with Crippen LogP contribution in [0.2, 0.25) is 0 Å². The van der Waals surface area contributed by atoms with E-state index in [0.29, 0.717) is 0 Å². The molecular formula is C9H7N5O2. The van der Waals surface area contributed by atoms with Crippen LogP contribution in [0.3, 0.4) is 0 Å². The summed E-state index contributed by atoms with van der Waals surface area (Å²) >= 11 is 0. The van der Waals surface area contributed by atoms with Crippen LogP contribution in [0.1, 0.15) is 5.69 Å². The second kappa shape index (κ2) is 3.94. The molecule has 1 saturated heterocycles. The maximum Gasteiger partial charge on any atom is 0.246 e. The number of nitrogens with one attached hydrogen (secondary N) is 1. The quantitative estimate of drug-likeness (QED) is 0.594. The van der Waals surface area contributed by atoms with E-state index in [2.05, 4.69) is 15.3 Å². The van der Waals surface area contributed by atoms with Crippen molar-refractivity contribution >= 4 is 17.8 Å². The van der Waals surface area contributed by atoms with Crippen LogP contribution < -0.4 is 10.2 Å². The van der Waals surface area contributed by atoms with Crippen LogP contribution in [0, 0.1) is 11.3 Å². The molecule has 7 nitrogen and oxygen atoms in total. The number of hydrogen-bond donors (Lipinski definition) is 1. The second-order valence-electron chi connectivity index (χ2n) is 3.18. The first-order valence-corrected chi connectivity index (χ1v) is 4.50. The van der Waals surface area contributed by atoms with Gasteiger partial charge in [0, 0.05) is 6.20 Å².